The van der Waals surface area contributed by atoms with Gasteiger partial charge in [0.2, 0.25) is 5.95 Å². The molecule has 1 atom stereocenters. The molecular weight excluding hydrogens is 326 g/mol. The van der Waals surface area contributed by atoms with Gasteiger partial charge in [0.05, 0.1) is 17.7 Å². The van der Waals surface area contributed by atoms with Gasteiger partial charge in [-0.3, -0.25) is 0 Å². The summed E-state index contributed by atoms with van der Waals surface area (Å²) in [6, 6.07) is 7.85. The van der Waals surface area contributed by atoms with Crippen LogP contribution in [0.3, 0.4) is 0 Å². The molecule has 128 valence electrons. The Balaban J connectivity index is 1.81. The number of anilines is 3. The minimum atomic E-state index is -2.94. The fourth-order valence-electron chi connectivity index (χ4n) is 2.97. The molecule has 1 fully saturated rings. The lowest BCUT2D eigenvalue weighted by Gasteiger charge is -2.27. The average Bonchev–Trinajstić information content (AvgIpc) is 2.88. The first-order valence-electron chi connectivity index (χ1n) is 7.97. The zero-order chi connectivity index (χ0) is 17.2. The van der Waals surface area contributed by atoms with Gasteiger partial charge in [-0.15, -0.1) is 5.10 Å². The summed E-state index contributed by atoms with van der Waals surface area (Å²) < 4.78 is 23.5. The van der Waals surface area contributed by atoms with Crippen LogP contribution in [0.15, 0.2) is 30.5 Å². The lowest BCUT2D eigenvalue weighted by atomic mass is 10.2. The van der Waals surface area contributed by atoms with Crippen LogP contribution in [0.5, 0.6) is 0 Å². The van der Waals surface area contributed by atoms with E-state index < -0.39 is 9.84 Å². The third-order valence-electron chi connectivity index (χ3n) is 4.10. The number of aryl methyl sites for hydroxylation is 1. The summed E-state index contributed by atoms with van der Waals surface area (Å²) >= 11 is 0. The monoisotopic (exact) mass is 347 g/mol. The number of sulfone groups is 1. The van der Waals surface area contributed by atoms with Crippen molar-refractivity contribution < 1.29 is 8.42 Å². The molecule has 0 aliphatic carbocycles. The van der Waals surface area contributed by atoms with Crippen LogP contribution in [0, 0.1) is 6.92 Å². The fourth-order valence-corrected chi connectivity index (χ4v) is 4.70. The first kappa shape index (κ1) is 16.6. The second-order valence-corrected chi connectivity index (χ2v) is 8.20. The van der Waals surface area contributed by atoms with Gasteiger partial charge in [0, 0.05) is 18.3 Å². The van der Waals surface area contributed by atoms with Crippen molar-refractivity contribution in [1.29, 1.82) is 0 Å². The minimum Gasteiger partial charge on any atom is -0.351 e. The summed E-state index contributed by atoms with van der Waals surface area (Å²) in [6.07, 6.45) is 2.21. The molecule has 1 aromatic heterocycles. The molecule has 3 rings (SSSR count). The number of nitrogens with one attached hydrogen (secondary N) is 1. The lowest BCUT2D eigenvalue weighted by molar-refractivity contribution is 0.599. The number of hydrogen-bond donors (Lipinski definition) is 1. The summed E-state index contributed by atoms with van der Waals surface area (Å²) in [4.78, 5) is 6.49. The summed E-state index contributed by atoms with van der Waals surface area (Å²) in [7, 11) is -2.94. The van der Waals surface area contributed by atoms with Crippen LogP contribution in [0.25, 0.3) is 0 Å². The van der Waals surface area contributed by atoms with E-state index in [1.807, 2.05) is 43.0 Å². The van der Waals surface area contributed by atoms with Gasteiger partial charge in [0.25, 0.3) is 0 Å². The van der Waals surface area contributed by atoms with Gasteiger partial charge < -0.3 is 10.2 Å². The van der Waals surface area contributed by atoms with E-state index >= 15 is 0 Å². The van der Waals surface area contributed by atoms with Crippen molar-refractivity contribution in [3.63, 3.8) is 0 Å². The van der Waals surface area contributed by atoms with Gasteiger partial charge in [0.15, 0.2) is 15.7 Å². The van der Waals surface area contributed by atoms with Crippen LogP contribution in [-0.4, -0.2) is 47.7 Å². The highest BCUT2D eigenvalue weighted by molar-refractivity contribution is 7.91. The summed E-state index contributed by atoms with van der Waals surface area (Å²) in [5, 5.41) is 11.2. The maximum atomic E-state index is 11.7. The molecule has 1 N–H and O–H groups in total. The molecule has 1 aliphatic heterocycles. The molecule has 1 saturated heterocycles. The highest BCUT2D eigenvalue weighted by Crippen LogP contribution is 2.23. The van der Waals surface area contributed by atoms with Gasteiger partial charge in [0.1, 0.15) is 0 Å². The number of nitrogens with zero attached hydrogens (tertiary/aromatic N) is 4. The Hall–Kier alpha value is -2.22. The Kier molecular flexibility index (Phi) is 4.66. The molecule has 2 aromatic rings. The Morgan fingerprint density at radius 3 is 2.88 bits per heavy atom. The quantitative estimate of drug-likeness (QED) is 0.884. The van der Waals surface area contributed by atoms with Crippen LogP contribution in [-0.2, 0) is 9.84 Å². The van der Waals surface area contributed by atoms with Gasteiger partial charge in [-0.05, 0) is 38.0 Å². The number of rotatable bonds is 5. The molecule has 24 heavy (non-hydrogen) atoms. The average molecular weight is 347 g/mol. The lowest BCUT2D eigenvalue weighted by Crippen LogP contribution is -2.37. The molecule has 1 aromatic carbocycles. The van der Waals surface area contributed by atoms with Crippen LogP contribution in [0.4, 0.5) is 17.5 Å². The Morgan fingerprint density at radius 2 is 2.21 bits per heavy atom. The molecule has 0 spiro atoms. The molecule has 0 radical (unpaired) electrons. The van der Waals surface area contributed by atoms with Crippen LogP contribution < -0.4 is 10.2 Å². The van der Waals surface area contributed by atoms with Crippen molar-refractivity contribution in [1.82, 2.24) is 15.2 Å². The van der Waals surface area contributed by atoms with Crippen LogP contribution >= 0.6 is 0 Å². The molecule has 0 amide bonds. The Bertz CT molecular complexity index is 825. The predicted molar refractivity (Wildman–Crippen MR) is 94.4 cm³/mol. The molecule has 0 saturated carbocycles. The van der Waals surface area contributed by atoms with Crippen molar-refractivity contribution in [2.45, 2.75) is 26.3 Å². The van der Waals surface area contributed by atoms with Crippen molar-refractivity contribution >= 4 is 27.3 Å². The molecule has 1 aliphatic rings. The first-order chi connectivity index (χ1) is 11.5. The van der Waals surface area contributed by atoms with Gasteiger partial charge in [-0.1, -0.05) is 12.1 Å². The number of benzene rings is 1. The second-order valence-electron chi connectivity index (χ2n) is 5.98. The standard InChI is InChI=1S/C16H21N5O2S/c1-3-21(14-7-8-24(22,23)11-14)15-10-17-20-16(19-15)18-13-6-4-5-12(2)9-13/h4-6,9-10,14H,3,7-8,11H2,1-2H3,(H,18,19,20). The summed E-state index contributed by atoms with van der Waals surface area (Å²) in [6.45, 7) is 4.67. The van der Waals surface area contributed by atoms with Gasteiger partial charge >= 0.3 is 0 Å². The normalized spacial score (nSPS) is 19.2. The largest absolute Gasteiger partial charge is 0.351 e. The van der Waals surface area contributed by atoms with Crippen molar-refractivity contribution in [2.75, 3.05) is 28.3 Å². The molecule has 1 unspecified atom stereocenters. The third kappa shape index (κ3) is 3.81. The highest BCUT2D eigenvalue weighted by Gasteiger charge is 2.32. The van der Waals surface area contributed by atoms with Crippen LogP contribution in [0.2, 0.25) is 0 Å². The van der Waals surface area contributed by atoms with E-state index in [1.54, 1.807) is 6.20 Å². The number of hydrogen-bond acceptors (Lipinski definition) is 7. The van der Waals surface area contributed by atoms with E-state index in [-0.39, 0.29) is 17.5 Å². The molecule has 0 bridgehead atoms. The molecule has 8 heteroatoms. The van der Waals surface area contributed by atoms with Crippen LogP contribution in [0.1, 0.15) is 18.9 Å². The Morgan fingerprint density at radius 1 is 1.38 bits per heavy atom. The maximum absolute atomic E-state index is 11.7. The van der Waals surface area contributed by atoms with E-state index in [9.17, 15) is 8.42 Å². The van der Waals surface area contributed by atoms with E-state index in [0.29, 0.717) is 24.7 Å². The minimum absolute atomic E-state index is 0.0523. The predicted octanol–water partition coefficient (Wildman–Crippen LogP) is 1.94. The van der Waals surface area contributed by atoms with Crippen molar-refractivity contribution in [3.05, 3.63) is 36.0 Å². The molecular formula is C16H21N5O2S. The van der Waals surface area contributed by atoms with Crippen molar-refractivity contribution in [2.24, 2.45) is 0 Å². The Labute approximate surface area is 142 Å². The highest BCUT2D eigenvalue weighted by atomic mass is 32.2. The van der Waals surface area contributed by atoms with E-state index in [2.05, 4.69) is 20.5 Å². The zero-order valence-electron chi connectivity index (χ0n) is 13.8. The fraction of sp³-hybridized carbons (Fsp3) is 0.438. The first-order valence-corrected chi connectivity index (χ1v) is 9.79. The topological polar surface area (TPSA) is 88.1 Å². The maximum Gasteiger partial charge on any atom is 0.249 e. The SMILES string of the molecule is CCN(c1cnnc(Nc2cccc(C)c2)n1)C1CCS(=O)(=O)C1. The molecule has 2 heterocycles. The van der Waals surface area contributed by atoms with E-state index in [4.69, 9.17) is 0 Å². The molecule has 7 nitrogen and oxygen atoms in total. The summed E-state index contributed by atoms with van der Waals surface area (Å²) in [5.41, 5.74) is 2.02. The van der Waals surface area contributed by atoms with E-state index in [1.165, 1.54) is 0 Å². The third-order valence-corrected chi connectivity index (χ3v) is 5.85. The number of aromatic nitrogens is 3. The van der Waals surface area contributed by atoms with E-state index in [0.717, 1.165) is 11.3 Å². The summed E-state index contributed by atoms with van der Waals surface area (Å²) in [5.74, 6) is 1.45. The van der Waals surface area contributed by atoms with Gasteiger partial charge in [-0.2, -0.15) is 10.1 Å². The van der Waals surface area contributed by atoms with Gasteiger partial charge in [-0.25, -0.2) is 8.42 Å². The second kappa shape index (κ2) is 6.72. The smallest absolute Gasteiger partial charge is 0.249 e. The van der Waals surface area contributed by atoms with Crippen molar-refractivity contribution in [3.8, 4) is 0 Å². The zero-order valence-corrected chi connectivity index (χ0v) is 14.6.